The number of hydrogen-bond acceptors (Lipinski definition) is 4. The summed E-state index contributed by atoms with van der Waals surface area (Å²) in [6, 6.07) is 19.8. The zero-order valence-electron chi connectivity index (χ0n) is 23.6. The molecule has 206 valence electrons. The third-order valence-corrected chi connectivity index (χ3v) is 8.21. The van der Waals surface area contributed by atoms with E-state index in [-0.39, 0.29) is 24.0 Å². The summed E-state index contributed by atoms with van der Waals surface area (Å²) < 4.78 is 5.34. The molecule has 7 heteroatoms. The van der Waals surface area contributed by atoms with Gasteiger partial charge in [-0.05, 0) is 74.6 Å². The first-order valence-corrected chi connectivity index (χ1v) is 14.1. The number of aromatic amines is 1. The van der Waals surface area contributed by atoms with Gasteiger partial charge in [0.25, 0.3) is 0 Å². The molecule has 0 bridgehead atoms. The van der Waals surface area contributed by atoms with Gasteiger partial charge in [-0.25, -0.2) is 4.79 Å². The molecule has 2 aliphatic rings. The summed E-state index contributed by atoms with van der Waals surface area (Å²) in [4.78, 5) is 23.9. The molecule has 0 saturated carbocycles. The van der Waals surface area contributed by atoms with Gasteiger partial charge in [0.05, 0.1) is 30.5 Å². The fourth-order valence-corrected chi connectivity index (χ4v) is 5.85. The molecule has 0 radical (unpaired) electrons. The first kappa shape index (κ1) is 27.3. The van der Waals surface area contributed by atoms with Crippen molar-refractivity contribution in [2.45, 2.75) is 58.0 Å². The van der Waals surface area contributed by atoms with Gasteiger partial charge >= 0.3 is 6.03 Å². The molecular weight excluding hydrogens is 498 g/mol. The first-order valence-electron chi connectivity index (χ1n) is 14.1. The monoisotopic (exact) mass is 535 g/mol. The van der Waals surface area contributed by atoms with Crippen LogP contribution in [0.2, 0.25) is 0 Å². The van der Waals surface area contributed by atoms with Crippen LogP contribution in [0.15, 0.2) is 71.9 Å². The van der Waals surface area contributed by atoms with Crippen LogP contribution < -0.4 is 10.1 Å². The lowest BCUT2D eigenvalue weighted by Gasteiger charge is -2.39. The SMILES string of the molecule is COc1cccc([C@H](C)NC(=O)N2CCC(/C3=N/C=C/CC(C)c4[nH]c(-c5ccc(C#N)cc5)cc43)C[C@H]2C)c1. The van der Waals surface area contributed by atoms with Gasteiger partial charge in [-0.1, -0.05) is 37.3 Å². The fraction of sp³-hybridized carbons (Fsp3) is 0.364. The van der Waals surface area contributed by atoms with Crippen molar-refractivity contribution in [1.29, 1.82) is 5.26 Å². The second kappa shape index (κ2) is 11.8. The van der Waals surface area contributed by atoms with Gasteiger partial charge in [-0.3, -0.25) is 4.99 Å². The molecule has 40 heavy (non-hydrogen) atoms. The van der Waals surface area contributed by atoms with Crippen LogP contribution in [0, 0.1) is 17.2 Å². The highest BCUT2D eigenvalue weighted by Gasteiger charge is 2.34. The van der Waals surface area contributed by atoms with E-state index in [9.17, 15) is 10.1 Å². The molecule has 1 aromatic heterocycles. The van der Waals surface area contributed by atoms with Crippen molar-refractivity contribution in [3.8, 4) is 23.1 Å². The van der Waals surface area contributed by atoms with E-state index in [4.69, 9.17) is 9.73 Å². The van der Waals surface area contributed by atoms with Gasteiger partial charge in [0.2, 0.25) is 0 Å². The van der Waals surface area contributed by atoms with Crippen molar-refractivity contribution in [2.24, 2.45) is 10.9 Å². The van der Waals surface area contributed by atoms with E-state index >= 15 is 0 Å². The number of carbonyl (C=O) groups is 1. The number of fused-ring (bicyclic) bond motifs is 1. The molecule has 2 N–H and O–H groups in total. The van der Waals surface area contributed by atoms with Crippen molar-refractivity contribution in [1.82, 2.24) is 15.2 Å². The van der Waals surface area contributed by atoms with E-state index in [1.165, 1.54) is 5.69 Å². The minimum atomic E-state index is -0.128. The fourth-order valence-electron chi connectivity index (χ4n) is 5.85. The summed E-state index contributed by atoms with van der Waals surface area (Å²) in [6.45, 7) is 7.04. The Morgan fingerprint density at radius 2 is 2.00 bits per heavy atom. The number of urea groups is 1. The molecule has 3 aromatic rings. The Balaban J connectivity index is 1.33. The Hall–Kier alpha value is -4.31. The molecule has 3 heterocycles. The van der Waals surface area contributed by atoms with Gasteiger partial charge < -0.3 is 19.9 Å². The Morgan fingerprint density at radius 1 is 1.20 bits per heavy atom. The van der Waals surface area contributed by atoms with E-state index in [2.05, 4.69) is 42.4 Å². The zero-order chi connectivity index (χ0) is 28.2. The topological polar surface area (TPSA) is 93.5 Å². The number of aromatic nitrogens is 1. The predicted octanol–water partition coefficient (Wildman–Crippen LogP) is 6.94. The number of H-pyrrole nitrogens is 1. The van der Waals surface area contributed by atoms with Crippen LogP contribution in [0.1, 0.15) is 74.4 Å². The van der Waals surface area contributed by atoms with Gasteiger partial charge in [0.15, 0.2) is 0 Å². The molecular formula is C33H37N5O2. The third-order valence-electron chi connectivity index (χ3n) is 8.21. The molecule has 7 nitrogen and oxygen atoms in total. The number of allylic oxidation sites excluding steroid dienone is 1. The summed E-state index contributed by atoms with van der Waals surface area (Å²) in [6.07, 6.45) is 6.70. The number of amides is 2. The summed E-state index contributed by atoms with van der Waals surface area (Å²) in [5, 5.41) is 12.4. The minimum Gasteiger partial charge on any atom is -0.497 e. The number of likely N-dealkylation sites (tertiary alicyclic amines) is 1. The number of rotatable bonds is 5. The summed E-state index contributed by atoms with van der Waals surface area (Å²) in [5.74, 6) is 1.35. The number of piperidine rings is 1. The molecule has 1 fully saturated rings. The highest BCUT2D eigenvalue weighted by molar-refractivity contribution is 6.05. The highest BCUT2D eigenvalue weighted by Crippen LogP contribution is 2.35. The van der Waals surface area contributed by atoms with Crippen LogP contribution >= 0.6 is 0 Å². The lowest BCUT2D eigenvalue weighted by Crippen LogP contribution is -2.50. The average molecular weight is 536 g/mol. The maximum Gasteiger partial charge on any atom is 0.318 e. The summed E-state index contributed by atoms with van der Waals surface area (Å²) in [7, 11) is 1.65. The number of aliphatic imine (C=N–C) groups is 1. The Kier molecular flexibility index (Phi) is 8.06. The Bertz CT molecular complexity index is 1460. The largest absolute Gasteiger partial charge is 0.497 e. The van der Waals surface area contributed by atoms with E-state index < -0.39 is 0 Å². The van der Waals surface area contributed by atoms with E-state index in [1.54, 1.807) is 7.11 Å². The molecule has 5 rings (SSSR count). The molecule has 2 aliphatic heterocycles. The van der Waals surface area contributed by atoms with Crippen molar-refractivity contribution < 1.29 is 9.53 Å². The molecule has 0 spiro atoms. The maximum atomic E-state index is 13.3. The second-order valence-corrected chi connectivity index (χ2v) is 10.9. The number of ether oxygens (including phenoxy) is 1. The standard InChI is InChI=1S/C33H37N5O2/c1-21-7-6-15-35-32(29-19-30(37-31(21)29)25-12-10-24(20-34)11-13-25)27-14-16-38(22(2)17-27)33(39)36-23(3)26-8-5-9-28(18-26)40-4/h5-6,8-13,15,18-19,21-23,27,37H,7,14,16-17H2,1-4H3,(H,36,39)/b15-6+,35-32-/t21?,22-,23+,27?/m1/s1. The number of hydrogen-bond donors (Lipinski definition) is 2. The van der Waals surface area contributed by atoms with Crippen molar-refractivity contribution >= 4 is 11.7 Å². The third kappa shape index (κ3) is 5.67. The van der Waals surface area contributed by atoms with Gasteiger partial charge in [0, 0.05) is 47.6 Å². The quantitative estimate of drug-likeness (QED) is 0.370. The molecule has 4 atom stereocenters. The Morgan fingerprint density at radius 3 is 2.73 bits per heavy atom. The molecule has 2 aromatic carbocycles. The summed E-state index contributed by atoms with van der Waals surface area (Å²) >= 11 is 0. The maximum absolute atomic E-state index is 13.3. The number of methoxy groups -OCH3 is 1. The number of nitrogens with zero attached hydrogens (tertiary/aromatic N) is 3. The van der Waals surface area contributed by atoms with Crippen molar-refractivity contribution in [3.63, 3.8) is 0 Å². The van der Waals surface area contributed by atoms with Crippen molar-refractivity contribution in [3.05, 3.63) is 89.3 Å². The lowest BCUT2D eigenvalue weighted by atomic mass is 9.83. The van der Waals surface area contributed by atoms with Gasteiger partial charge in [-0.2, -0.15) is 5.26 Å². The number of benzene rings is 2. The molecule has 1 saturated heterocycles. The van der Waals surface area contributed by atoms with Crippen LogP contribution in [-0.4, -0.2) is 41.3 Å². The number of nitrogens with one attached hydrogen (secondary N) is 2. The van der Waals surface area contributed by atoms with Gasteiger partial charge in [-0.15, -0.1) is 0 Å². The van der Waals surface area contributed by atoms with Crippen LogP contribution in [0.4, 0.5) is 4.79 Å². The smallest absolute Gasteiger partial charge is 0.318 e. The normalized spacial score (nSPS) is 23.4. The summed E-state index contributed by atoms with van der Waals surface area (Å²) in [5.41, 5.74) is 7.20. The lowest BCUT2D eigenvalue weighted by molar-refractivity contribution is 0.146. The van der Waals surface area contributed by atoms with Crippen LogP contribution in [0.25, 0.3) is 11.3 Å². The van der Waals surface area contributed by atoms with E-state index in [0.717, 1.165) is 53.1 Å². The van der Waals surface area contributed by atoms with E-state index in [0.29, 0.717) is 18.0 Å². The van der Waals surface area contributed by atoms with Crippen molar-refractivity contribution in [2.75, 3.05) is 13.7 Å². The van der Waals surface area contributed by atoms with Crippen LogP contribution in [-0.2, 0) is 0 Å². The molecule has 0 aliphatic carbocycles. The molecule has 2 unspecified atom stereocenters. The number of carbonyl (C=O) groups excluding carboxylic acids is 1. The first-order chi connectivity index (χ1) is 19.4. The highest BCUT2D eigenvalue weighted by atomic mass is 16.5. The van der Waals surface area contributed by atoms with Gasteiger partial charge in [0.1, 0.15) is 5.75 Å². The van der Waals surface area contributed by atoms with E-state index in [1.807, 2.05) is 66.6 Å². The van der Waals surface area contributed by atoms with Crippen LogP contribution in [0.3, 0.4) is 0 Å². The minimum absolute atomic E-state index is 0.0418. The zero-order valence-corrected chi connectivity index (χ0v) is 23.6. The number of nitriles is 1. The Labute approximate surface area is 236 Å². The molecule has 2 amide bonds. The second-order valence-electron chi connectivity index (χ2n) is 10.9. The predicted molar refractivity (Wildman–Crippen MR) is 158 cm³/mol. The average Bonchev–Trinajstić information content (AvgIpc) is 3.40. The van der Waals surface area contributed by atoms with Crippen LogP contribution in [0.5, 0.6) is 5.75 Å².